The maximum Gasteiger partial charge on any atom is 0.194 e. The van der Waals surface area contributed by atoms with Gasteiger partial charge in [0.1, 0.15) is 5.82 Å². The molecule has 0 atom stereocenters. The second-order valence-electron chi connectivity index (χ2n) is 5.50. The van der Waals surface area contributed by atoms with E-state index in [1.807, 2.05) is 31.3 Å². The average Bonchev–Trinajstić information content (AvgIpc) is 3.02. The quantitative estimate of drug-likeness (QED) is 0.445. The van der Waals surface area contributed by atoms with Gasteiger partial charge < -0.3 is 19.6 Å². The third-order valence-corrected chi connectivity index (χ3v) is 3.86. The van der Waals surface area contributed by atoms with Crippen LogP contribution in [0.5, 0.6) is 0 Å². The molecule has 130 valence electrons. The standard InChI is InChI=1S/C16H22N6O.HI/c1-13-11-14(23-20-13)12-19-16(17-2)22-9-7-21(8-10-22)15-5-3-4-6-18-15;/h3-6,11H,7-10,12H2,1-2H3,(H,17,19);1H. The molecule has 2 aromatic rings. The summed E-state index contributed by atoms with van der Waals surface area (Å²) in [6.45, 7) is 6.18. The van der Waals surface area contributed by atoms with Gasteiger partial charge in [0.25, 0.3) is 0 Å². The lowest BCUT2D eigenvalue weighted by Gasteiger charge is -2.37. The van der Waals surface area contributed by atoms with Crippen LogP contribution in [-0.2, 0) is 6.54 Å². The molecule has 3 heterocycles. The molecule has 1 N–H and O–H groups in total. The van der Waals surface area contributed by atoms with Crippen LogP contribution in [0.4, 0.5) is 5.82 Å². The van der Waals surface area contributed by atoms with E-state index in [-0.39, 0.29) is 24.0 Å². The minimum Gasteiger partial charge on any atom is -0.359 e. The second kappa shape index (κ2) is 8.86. The first-order valence-electron chi connectivity index (χ1n) is 7.80. The summed E-state index contributed by atoms with van der Waals surface area (Å²) in [6.07, 6.45) is 1.83. The lowest BCUT2D eigenvalue weighted by molar-refractivity contribution is 0.356. The minimum absolute atomic E-state index is 0. The molecule has 3 rings (SSSR count). The van der Waals surface area contributed by atoms with Gasteiger partial charge in [-0.15, -0.1) is 24.0 Å². The van der Waals surface area contributed by atoms with Crippen LogP contribution in [-0.4, -0.2) is 54.2 Å². The van der Waals surface area contributed by atoms with Crippen LogP contribution in [0.3, 0.4) is 0 Å². The summed E-state index contributed by atoms with van der Waals surface area (Å²) in [7, 11) is 1.80. The van der Waals surface area contributed by atoms with E-state index in [9.17, 15) is 0 Å². The lowest BCUT2D eigenvalue weighted by atomic mass is 10.3. The molecule has 2 aromatic heterocycles. The molecule has 1 aliphatic rings. The molecule has 0 spiro atoms. The van der Waals surface area contributed by atoms with Gasteiger partial charge in [-0.3, -0.25) is 4.99 Å². The van der Waals surface area contributed by atoms with Crippen molar-refractivity contribution in [2.75, 3.05) is 38.1 Å². The largest absolute Gasteiger partial charge is 0.359 e. The summed E-state index contributed by atoms with van der Waals surface area (Å²) in [4.78, 5) is 13.3. The summed E-state index contributed by atoms with van der Waals surface area (Å²) in [5.74, 6) is 2.74. The molecule has 7 nitrogen and oxygen atoms in total. The second-order valence-corrected chi connectivity index (χ2v) is 5.50. The highest BCUT2D eigenvalue weighted by molar-refractivity contribution is 14.0. The van der Waals surface area contributed by atoms with Crippen molar-refractivity contribution in [3.8, 4) is 0 Å². The molecular weight excluding hydrogens is 419 g/mol. The number of hydrogen-bond donors (Lipinski definition) is 1. The molecule has 0 unspecified atom stereocenters. The van der Waals surface area contributed by atoms with E-state index in [0.717, 1.165) is 49.4 Å². The Morgan fingerprint density at radius 2 is 2.08 bits per heavy atom. The van der Waals surface area contributed by atoms with Gasteiger partial charge in [0.05, 0.1) is 12.2 Å². The number of aromatic nitrogens is 2. The summed E-state index contributed by atoms with van der Waals surface area (Å²) >= 11 is 0. The van der Waals surface area contributed by atoms with Gasteiger partial charge in [0.15, 0.2) is 11.7 Å². The summed E-state index contributed by atoms with van der Waals surface area (Å²) < 4.78 is 5.22. The van der Waals surface area contributed by atoms with Gasteiger partial charge in [-0.1, -0.05) is 11.2 Å². The molecule has 24 heavy (non-hydrogen) atoms. The Labute approximate surface area is 159 Å². The SMILES string of the molecule is CN=C(NCc1cc(C)no1)N1CCN(c2ccccn2)CC1.I. The van der Waals surface area contributed by atoms with E-state index < -0.39 is 0 Å². The number of pyridine rings is 1. The zero-order chi connectivity index (χ0) is 16.1. The monoisotopic (exact) mass is 442 g/mol. The predicted octanol–water partition coefficient (Wildman–Crippen LogP) is 1.89. The van der Waals surface area contributed by atoms with Crippen molar-refractivity contribution < 1.29 is 4.52 Å². The molecule has 0 aromatic carbocycles. The Morgan fingerprint density at radius 3 is 2.67 bits per heavy atom. The van der Waals surface area contributed by atoms with Crippen LogP contribution in [0.2, 0.25) is 0 Å². The van der Waals surface area contributed by atoms with Crippen molar-refractivity contribution in [3.63, 3.8) is 0 Å². The zero-order valence-corrected chi connectivity index (χ0v) is 16.3. The first kappa shape index (κ1) is 18.5. The van der Waals surface area contributed by atoms with Crippen LogP contribution in [0, 0.1) is 6.92 Å². The van der Waals surface area contributed by atoms with Crippen LogP contribution >= 0.6 is 24.0 Å². The maximum atomic E-state index is 5.22. The number of nitrogens with one attached hydrogen (secondary N) is 1. The predicted molar refractivity (Wildman–Crippen MR) is 105 cm³/mol. The molecule has 0 radical (unpaired) electrons. The van der Waals surface area contributed by atoms with Gasteiger partial charge in [0, 0.05) is 45.5 Å². The van der Waals surface area contributed by atoms with Crippen LogP contribution in [0.25, 0.3) is 0 Å². The number of aliphatic imine (C=N–C) groups is 1. The molecule has 8 heteroatoms. The van der Waals surface area contributed by atoms with Gasteiger partial charge in [0.2, 0.25) is 0 Å². The van der Waals surface area contributed by atoms with Crippen LogP contribution in [0.15, 0.2) is 40.0 Å². The van der Waals surface area contributed by atoms with Gasteiger partial charge in [-0.25, -0.2) is 4.98 Å². The highest BCUT2D eigenvalue weighted by atomic mass is 127. The Balaban J connectivity index is 0.00000208. The van der Waals surface area contributed by atoms with Crippen molar-refractivity contribution in [2.24, 2.45) is 4.99 Å². The Bertz CT molecular complexity index is 652. The normalized spacial score (nSPS) is 15.2. The number of halogens is 1. The first-order valence-corrected chi connectivity index (χ1v) is 7.80. The first-order chi connectivity index (χ1) is 11.3. The molecule has 1 saturated heterocycles. The third-order valence-electron chi connectivity index (χ3n) is 3.86. The third kappa shape index (κ3) is 4.59. The fraction of sp³-hybridized carbons (Fsp3) is 0.438. The number of aryl methyl sites for hydroxylation is 1. The number of rotatable bonds is 3. The molecular formula is C16H23IN6O. The highest BCUT2D eigenvalue weighted by Gasteiger charge is 2.20. The Morgan fingerprint density at radius 1 is 1.29 bits per heavy atom. The molecule has 0 aliphatic carbocycles. The number of anilines is 1. The summed E-state index contributed by atoms with van der Waals surface area (Å²) in [5.41, 5.74) is 0.890. The van der Waals surface area contributed by atoms with Gasteiger partial charge in [-0.05, 0) is 19.1 Å². The zero-order valence-electron chi connectivity index (χ0n) is 14.0. The van der Waals surface area contributed by atoms with E-state index in [0.29, 0.717) is 6.54 Å². The Kier molecular flexibility index (Phi) is 6.83. The van der Waals surface area contributed by atoms with Crippen molar-refractivity contribution in [3.05, 3.63) is 41.9 Å². The topological polar surface area (TPSA) is 69.8 Å². The van der Waals surface area contributed by atoms with E-state index in [2.05, 4.69) is 36.3 Å². The van der Waals surface area contributed by atoms with Crippen molar-refractivity contribution >= 4 is 35.8 Å². The van der Waals surface area contributed by atoms with Crippen LogP contribution in [0.1, 0.15) is 11.5 Å². The van der Waals surface area contributed by atoms with E-state index in [1.54, 1.807) is 7.05 Å². The van der Waals surface area contributed by atoms with E-state index in [4.69, 9.17) is 4.52 Å². The molecule has 0 amide bonds. The van der Waals surface area contributed by atoms with Crippen molar-refractivity contribution in [1.29, 1.82) is 0 Å². The average molecular weight is 442 g/mol. The highest BCUT2D eigenvalue weighted by Crippen LogP contribution is 2.12. The fourth-order valence-corrected chi connectivity index (χ4v) is 2.69. The minimum atomic E-state index is 0. The van der Waals surface area contributed by atoms with Gasteiger partial charge >= 0.3 is 0 Å². The van der Waals surface area contributed by atoms with E-state index >= 15 is 0 Å². The lowest BCUT2D eigenvalue weighted by Crippen LogP contribution is -2.52. The molecule has 0 bridgehead atoms. The molecule has 0 saturated carbocycles. The number of guanidine groups is 1. The maximum absolute atomic E-state index is 5.22. The van der Waals surface area contributed by atoms with Crippen molar-refractivity contribution in [2.45, 2.75) is 13.5 Å². The Hall–Kier alpha value is -1.84. The summed E-state index contributed by atoms with van der Waals surface area (Å²) in [5, 5.41) is 7.23. The van der Waals surface area contributed by atoms with Crippen molar-refractivity contribution in [1.82, 2.24) is 20.4 Å². The van der Waals surface area contributed by atoms with E-state index in [1.165, 1.54) is 0 Å². The number of hydrogen-bond acceptors (Lipinski definition) is 5. The number of piperazine rings is 1. The van der Waals surface area contributed by atoms with Crippen LogP contribution < -0.4 is 10.2 Å². The molecule has 1 fully saturated rings. The fourth-order valence-electron chi connectivity index (χ4n) is 2.69. The molecule has 1 aliphatic heterocycles. The number of nitrogens with zero attached hydrogens (tertiary/aromatic N) is 5. The van der Waals surface area contributed by atoms with Gasteiger partial charge in [-0.2, -0.15) is 0 Å². The smallest absolute Gasteiger partial charge is 0.194 e. The summed E-state index contributed by atoms with van der Waals surface area (Å²) in [6, 6.07) is 7.94.